The Hall–Kier alpha value is -4.08. The van der Waals surface area contributed by atoms with Crippen molar-refractivity contribution in [1.29, 1.82) is 0 Å². The number of ketones is 1. The number of ether oxygens (including phenoxy) is 1. The van der Waals surface area contributed by atoms with E-state index in [-0.39, 0.29) is 22.7 Å². The minimum atomic E-state index is -0.774. The number of carbonyl (C=O) groups excluding carboxylic acids is 4. The second-order valence-electron chi connectivity index (χ2n) is 8.94. The quantitative estimate of drug-likeness (QED) is 0.258. The van der Waals surface area contributed by atoms with Crippen molar-refractivity contribution in [2.24, 2.45) is 17.8 Å². The predicted molar refractivity (Wildman–Crippen MR) is 123 cm³/mol. The van der Waals surface area contributed by atoms with E-state index in [2.05, 4.69) is 0 Å². The van der Waals surface area contributed by atoms with Crippen LogP contribution < -0.4 is 4.74 Å². The van der Waals surface area contributed by atoms with Gasteiger partial charge in [-0.05, 0) is 49.4 Å². The molecule has 1 aliphatic carbocycles. The molecule has 182 valence electrons. The van der Waals surface area contributed by atoms with Gasteiger partial charge in [-0.15, -0.1) is 0 Å². The fourth-order valence-electron chi connectivity index (χ4n) is 4.74. The summed E-state index contributed by atoms with van der Waals surface area (Å²) in [5.41, 5.74) is 0.0442. The number of rotatable bonds is 7. The Morgan fingerprint density at radius 1 is 1.06 bits per heavy atom. The lowest BCUT2D eigenvalue weighted by atomic mass is 9.76. The zero-order valence-electron chi connectivity index (χ0n) is 19.4. The van der Waals surface area contributed by atoms with Crippen LogP contribution in [0.1, 0.15) is 46.9 Å². The molecule has 3 atom stereocenters. The number of fused-ring (bicyclic) bond motifs is 1. The summed E-state index contributed by atoms with van der Waals surface area (Å²) in [7, 11) is 1.46. The van der Waals surface area contributed by atoms with Crippen LogP contribution in [-0.2, 0) is 9.59 Å². The van der Waals surface area contributed by atoms with E-state index in [1.165, 1.54) is 25.3 Å². The monoisotopic (exact) mass is 479 g/mol. The molecule has 1 saturated carbocycles. The Morgan fingerprint density at radius 2 is 1.74 bits per heavy atom. The minimum absolute atomic E-state index is 0.0119. The molecule has 0 N–H and O–H groups in total. The summed E-state index contributed by atoms with van der Waals surface area (Å²) in [4.78, 5) is 63.7. The second kappa shape index (κ2) is 9.65. The van der Waals surface area contributed by atoms with Crippen molar-refractivity contribution in [3.05, 3.63) is 69.8 Å². The number of nitrogens with zero attached hydrogens (tertiary/aromatic N) is 3. The van der Waals surface area contributed by atoms with Crippen LogP contribution in [0.2, 0.25) is 0 Å². The highest BCUT2D eigenvalue weighted by Crippen LogP contribution is 2.41. The van der Waals surface area contributed by atoms with Crippen molar-refractivity contribution < 1.29 is 28.8 Å². The van der Waals surface area contributed by atoms with Gasteiger partial charge in [-0.1, -0.05) is 19.1 Å². The normalized spacial score (nSPS) is 21.4. The molecule has 2 aromatic carbocycles. The topological polar surface area (TPSA) is 127 Å². The average Bonchev–Trinajstić information content (AvgIpc) is 3.11. The number of methoxy groups -OCH3 is 1. The molecule has 0 radical (unpaired) electrons. The van der Waals surface area contributed by atoms with Gasteiger partial charge in [0.2, 0.25) is 0 Å². The third kappa shape index (κ3) is 4.64. The molecule has 1 aliphatic heterocycles. The summed E-state index contributed by atoms with van der Waals surface area (Å²) in [6, 6.07) is 11.1. The first-order valence-corrected chi connectivity index (χ1v) is 11.3. The van der Waals surface area contributed by atoms with Crippen LogP contribution in [0.3, 0.4) is 0 Å². The SMILES string of the molecule is COc1cccc(C(=O)CN(C(=O)c2ccc([N+](=O)[O-])cc2)N2C(=O)[C@@H]3CC[C@H](C)C[C@H]3C2=O)c1. The maximum absolute atomic E-state index is 13.5. The fraction of sp³-hybridized carbons (Fsp3) is 0.360. The van der Waals surface area contributed by atoms with Gasteiger partial charge in [0.25, 0.3) is 23.4 Å². The zero-order valence-corrected chi connectivity index (χ0v) is 19.4. The maximum atomic E-state index is 13.5. The highest BCUT2D eigenvalue weighted by molar-refractivity contribution is 6.09. The molecule has 2 aliphatic rings. The van der Waals surface area contributed by atoms with Gasteiger partial charge in [0.1, 0.15) is 12.3 Å². The molecule has 10 nitrogen and oxygen atoms in total. The van der Waals surface area contributed by atoms with E-state index in [1.807, 2.05) is 6.92 Å². The summed E-state index contributed by atoms with van der Waals surface area (Å²) in [6.07, 6.45) is 1.87. The number of imide groups is 1. The van der Waals surface area contributed by atoms with Crippen molar-refractivity contribution in [2.75, 3.05) is 13.7 Å². The molecule has 4 rings (SSSR count). The molecule has 0 bridgehead atoms. The lowest BCUT2D eigenvalue weighted by molar-refractivity contribution is -0.384. The van der Waals surface area contributed by atoms with Gasteiger partial charge in [0.15, 0.2) is 5.78 Å². The van der Waals surface area contributed by atoms with Crippen molar-refractivity contribution in [2.45, 2.75) is 26.2 Å². The maximum Gasteiger partial charge on any atom is 0.273 e. The van der Waals surface area contributed by atoms with Gasteiger partial charge >= 0.3 is 0 Å². The predicted octanol–water partition coefficient (Wildman–Crippen LogP) is 3.26. The first-order valence-electron chi connectivity index (χ1n) is 11.3. The number of nitro benzene ring substituents is 1. The van der Waals surface area contributed by atoms with Gasteiger partial charge < -0.3 is 4.74 Å². The van der Waals surface area contributed by atoms with Gasteiger partial charge in [-0.3, -0.25) is 29.3 Å². The standard InChI is InChI=1S/C25H25N3O7/c1-15-6-11-20-21(12-15)25(32)27(24(20)31)26(14-22(29)17-4-3-5-19(13-17)35-2)23(30)16-7-9-18(10-8-16)28(33)34/h3-5,7-10,13,15,20-21H,6,11-12,14H2,1-2H3/t15-,20+,21+/m0/s1. The third-order valence-corrected chi connectivity index (χ3v) is 6.65. The second-order valence-corrected chi connectivity index (χ2v) is 8.94. The summed E-state index contributed by atoms with van der Waals surface area (Å²) < 4.78 is 5.16. The summed E-state index contributed by atoms with van der Waals surface area (Å²) in [5.74, 6) is -2.63. The Morgan fingerprint density at radius 3 is 2.40 bits per heavy atom. The smallest absolute Gasteiger partial charge is 0.273 e. The van der Waals surface area contributed by atoms with Crippen LogP contribution in [0.25, 0.3) is 0 Å². The molecule has 1 heterocycles. The largest absolute Gasteiger partial charge is 0.497 e. The number of amides is 3. The molecule has 0 unspecified atom stereocenters. The number of hydrazine groups is 1. The number of nitro groups is 1. The third-order valence-electron chi connectivity index (χ3n) is 6.65. The number of hydrogen-bond donors (Lipinski definition) is 0. The van der Waals surface area contributed by atoms with Crippen molar-refractivity contribution in [1.82, 2.24) is 10.0 Å². The van der Waals surface area contributed by atoms with E-state index < -0.39 is 46.8 Å². The average molecular weight is 479 g/mol. The van der Waals surface area contributed by atoms with Crippen molar-refractivity contribution >= 4 is 29.2 Å². The Labute approximate surface area is 201 Å². The van der Waals surface area contributed by atoms with Gasteiger partial charge in [0.05, 0.1) is 23.9 Å². The Kier molecular flexibility index (Phi) is 6.63. The van der Waals surface area contributed by atoms with Crippen LogP contribution >= 0.6 is 0 Å². The van der Waals surface area contributed by atoms with E-state index in [0.717, 1.165) is 28.6 Å². The zero-order chi connectivity index (χ0) is 25.3. The highest BCUT2D eigenvalue weighted by atomic mass is 16.6. The molecule has 0 spiro atoms. The first-order chi connectivity index (χ1) is 16.7. The fourth-order valence-corrected chi connectivity index (χ4v) is 4.74. The van der Waals surface area contributed by atoms with E-state index in [1.54, 1.807) is 18.2 Å². The van der Waals surface area contributed by atoms with Crippen LogP contribution in [0.15, 0.2) is 48.5 Å². The van der Waals surface area contributed by atoms with Crippen LogP contribution in [0.5, 0.6) is 5.75 Å². The molecule has 1 saturated heterocycles. The van der Waals surface area contributed by atoms with E-state index in [9.17, 15) is 29.3 Å². The summed E-state index contributed by atoms with van der Waals surface area (Å²) in [6.45, 7) is 1.46. The number of benzene rings is 2. The summed E-state index contributed by atoms with van der Waals surface area (Å²) >= 11 is 0. The molecule has 10 heteroatoms. The molecule has 35 heavy (non-hydrogen) atoms. The molecule has 2 fully saturated rings. The number of carbonyl (C=O) groups is 4. The van der Waals surface area contributed by atoms with Crippen LogP contribution in [0, 0.1) is 27.9 Å². The Bertz CT molecular complexity index is 1190. The Balaban J connectivity index is 1.69. The minimum Gasteiger partial charge on any atom is -0.497 e. The van der Waals surface area contributed by atoms with Gasteiger partial charge in [-0.25, -0.2) is 5.01 Å². The number of Topliss-reactive ketones (excluding diaryl/α,β-unsaturated/α-hetero) is 1. The lowest BCUT2D eigenvalue weighted by Crippen LogP contribution is -2.52. The van der Waals surface area contributed by atoms with E-state index in [4.69, 9.17) is 4.74 Å². The van der Waals surface area contributed by atoms with Crippen LogP contribution in [0.4, 0.5) is 5.69 Å². The van der Waals surface area contributed by atoms with Gasteiger partial charge in [-0.2, -0.15) is 5.01 Å². The first kappa shape index (κ1) is 24.1. The molecule has 3 amide bonds. The van der Waals surface area contributed by atoms with Crippen LogP contribution in [-0.4, -0.2) is 52.1 Å². The highest BCUT2D eigenvalue weighted by Gasteiger charge is 2.52. The van der Waals surface area contributed by atoms with E-state index >= 15 is 0 Å². The van der Waals surface area contributed by atoms with Crippen molar-refractivity contribution in [3.63, 3.8) is 0 Å². The molecular weight excluding hydrogens is 454 g/mol. The number of non-ortho nitro benzene ring substituents is 1. The summed E-state index contributed by atoms with van der Waals surface area (Å²) in [5, 5.41) is 12.7. The molecule has 2 aromatic rings. The van der Waals surface area contributed by atoms with Gasteiger partial charge in [0, 0.05) is 23.3 Å². The van der Waals surface area contributed by atoms with E-state index in [0.29, 0.717) is 18.6 Å². The lowest BCUT2D eigenvalue weighted by Gasteiger charge is -2.30. The number of hydrogen-bond acceptors (Lipinski definition) is 7. The van der Waals surface area contributed by atoms with Crippen molar-refractivity contribution in [3.8, 4) is 5.75 Å². The molecular formula is C25H25N3O7. The molecule has 0 aromatic heterocycles.